The van der Waals surface area contributed by atoms with Crippen molar-refractivity contribution in [3.63, 3.8) is 0 Å². The van der Waals surface area contributed by atoms with Gasteiger partial charge in [-0.3, -0.25) is 9.89 Å². The molecule has 1 aliphatic rings. The number of carboxylic acid groups (broad SMARTS) is 1. The van der Waals surface area contributed by atoms with Crippen LogP contribution in [0, 0.1) is 11.8 Å². The van der Waals surface area contributed by atoms with Crippen LogP contribution < -0.4 is 10.6 Å². The SMILES string of the molecule is O=C(NCCCc1ncn[nH]1)NCC1CCCC1C(=O)O. The van der Waals surface area contributed by atoms with Gasteiger partial charge in [0.1, 0.15) is 12.2 Å². The Morgan fingerprint density at radius 2 is 2.24 bits per heavy atom. The van der Waals surface area contributed by atoms with Gasteiger partial charge in [0.05, 0.1) is 5.92 Å². The number of carbonyl (C=O) groups is 2. The first-order valence-electron chi connectivity index (χ1n) is 7.25. The van der Waals surface area contributed by atoms with Gasteiger partial charge in [-0.2, -0.15) is 5.10 Å². The predicted octanol–water partition coefficient (Wildman–Crippen LogP) is 0.537. The highest BCUT2D eigenvalue weighted by Crippen LogP contribution is 2.31. The third kappa shape index (κ3) is 4.73. The zero-order valence-electron chi connectivity index (χ0n) is 11.8. The lowest BCUT2D eigenvalue weighted by atomic mass is 9.96. The van der Waals surface area contributed by atoms with E-state index >= 15 is 0 Å². The lowest BCUT2D eigenvalue weighted by Gasteiger charge is -2.16. The Morgan fingerprint density at radius 1 is 1.38 bits per heavy atom. The molecule has 1 heterocycles. The maximum absolute atomic E-state index is 11.6. The van der Waals surface area contributed by atoms with Gasteiger partial charge in [0.15, 0.2) is 0 Å². The molecule has 0 aliphatic heterocycles. The van der Waals surface area contributed by atoms with E-state index in [1.807, 2.05) is 0 Å². The molecule has 1 aliphatic carbocycles. The van der Waals surface area contributed by atoms with Crippen LogP contribution in [0.25, 0.3) is 0 Å². The van der Waals surface area contributed by atoms with E-state index in [4.69, 9.17) is 5.11 Å². The van der Waals surface area contributed by atoms with E-state index in [1.54, 1.807) is 0 Å². The van der Waals surface area contributed by atoms with Gasteiger partial charge >= 0.3 is 12.0 Å². The molecular weight excluding hydrogens is 274 g/mol. The standard InChI is InChI=1S/C13H21N5O3/c19-12(20)10-4-1-3-9(10)7-15-13(21)14-6-2-5-11-16-8-17-18-11/h8-10H,1-7H2,(H,19,20)(H2,14,15,21)(H,16,17,18). The highest BCUT2D eigenvalue weighted by Gasteiger charge is 2.32. The second kappa shape index (κ2) is 7.61. The van der Waals surface area contributed by atoms with Gasteiger partial charge < -0.3 is 15.7 Å². The first-order chi connectivity index (χ1) is 10.2. The van der Waals surface area contributed by atoms with E-state index in [2.05, 4.69) is 25.8 Å². The van der Waals surface area contributed by atoms with Crippen LogP contribution >= 0.6 is 0 Å². The number of amides is 2. The van der Waals surface area contributed by atoms with Crippen molar-refractivity contribution in [2.45, 2.75) is 32.1 Å². The molecule has 1 aromatic heterocycles. The number of urea groups is 1. The minimum absolute atomic E-state index is 0.0439. The topological polar surface area (TPSA) is 120 Å². The summed E-state index contributed by atoms with van der Waals surface area (Å²) in [5.41, 5.74) is 0. The molecular formula is C13H21N5O3. The number of carboxylic acids is 1. The maximum atomic E-state index is 11.6. The van der Waals surface area contributed by atoms with Crippen molar-refractivity contribution in [1.29, 1.82) is 0 Å². The Balaban J connectivity index is 1.58. The van der Waals surface area contributed by atoms with Gasteiger partial charge in [0, 0.05) is 19.5 Å². The van der Waals surface area contributed by atoms with E-state index in [1.165, 1.54) is 6.33 Å². The smallest absolute Gasteiger partial charge is 0.314 e. The molecule has 116 valence electrons. The van der Waals surface area contributed by atoms with Crippen molar-refractivity contribution in [1.82, 2.24) is 25.8 Å². The van der Waals surface area contributed by atoms with Gasteiger partial charge in [0.25, 0.3) is 0 Å². The first-order valence-corrected chi connectivity index (χ1v) is 7.25. The van der Waals surface area contributed by atoms with E-state index in [0.29, 0.717) is 19.5 Å². The molecule has 1 aromatic rings. The van der Waals surface area contributed by atoms with Crippen LogP contribution in [0.1, 0.15) is 31.5 Å². The summed E-state index contributed by atoms with van der Waals surface area (Å²) in [4.78, 5) is 26.7. The first kappa shape index (κ1) is 15.3. The molecule has 2 amide bonds. The molecule has 1 fully saturated rings. The van der Waals surface area contributed by atoms with Gasteiger partial charge in [-0.05, 0) is 25.2 Å². The van der Waals surface area contributed by atoms with Crippen LogP contribution in [0.15, 0.2) is 6.33 Å². The lowest BCUT2D eigenvalue weighted by Crippen LogP contribution is -2.40. The quantitative estimate of drug-likeness (QED) is 0.547. The molecule has 2 atom stereocenters. The third-order valence-corrected chi connectivity index (χ3v) is 3.84. The van der Waals surface area contributed by atoms with Crippen molar-refractivity contribution in [2.75, 3.05) is 13.1 Å². The molecule has 2 rings (SSSR count). The molecule has 0 saturated heterocycles. The fraction of sp³-hybridized carbons (Fsp3) is 0.692. The second-order valence-electron chi connectivity index (χ2n) is 5.31. The van der Waals surface area contributed by atoms with Crippen LogP contribution in [0.2, 0.25) is 0 Å². The molecule has 8 nitrogen and oxygen atoms in total. The normalized spacial score (nSPS) is 21.1. The summed E-state index contributed by atoms with van der Waals surface area (Å²) in [6.07, 6.45) is 5.44. The lowest BCUT2D eigenvalue weighted by molar-refractivity contribution is -0.142. The van der Waals surface area contributed by atoms with Crippen molar-refractivity contribution >= 4 is 12.0 Å². The minimum Gasteiger partial charge on any atom is -0.481 e. The monoisotopic (exact) mass is 295 g/mol. The summed E-state index contributed by atoms with van der Waals surface area (Å²) in [6, 6.07) is -0.247. The van der Waals surface area contributed by atoms with E-state index in [-0.39, 0.29) is 17.9 Å². The third-order valence-electron chi connectivity index (χ3n) is 3.84. The van der Waals surface area contributed by atoms with Crippen molar-refractivity contribution in [3.8, 4) is 0 Å². The predicted molar refractivity (Wildman–Crippen MR) is 74.6 cm³/mol. The van der Waals surface area contributed by atoms with Crippen molar-refractivity contribution in [3.05, 3.63) is 12.2 Å². The molecule has 4 N–H and O–H groups in total. The molecule has 0 bridgehead atoms. The number of aromatic nitrogens is 3. The van der Waals surface area contributed by atoms with Gasteiger partial charge in [-0.1, -0.05) is 6.42 Å². The average Bonchev–Trinajstić information content (AvgIpc) is 3.12. The number of nitrogens with one attached hydrogen (secondary N) is 3. The zero-order valence-corrected chi connectivity index (χ0v) is 11.8. The zero-order chi connectivity index (χ0) is 15.1. The van der Waals surface area contributed by atoms with Crippen LogP contribution in [0.4, 0.5) is 4.79 Å². The number of carbonyl (C=O) groups excluding carboxylic acids is 1. The summed E-state index contributed by atoms with van der Waals surface area (Å²) in [7, 11) is 0. The Labute approximate surface area is 122 Å². The minimum atomic E-state index is -0.758. The fourth-order valence-electron chi connectivity index (χ4n) is 2.70. The van der Waals surface area contributed by atoms with Crippen LogP contribution in [-0.4, -0.2) is 45.4 Å². The number of aliphatic carboxylic acids is 1. The highest BCUT2D eigenvalue weighted by molar-refractivity contribution is 5.74. The Morgan fingerprint density at radius 3 is 2.95 bits per heavy atom. The van der Waals surface area contributed by atoms with E-state index < -0.39 is 5.97 Å². The summed E-state index contributed by atoms with van der Waals surface area (Å²) in [5.74, 6) is -0.238. The summed E-state index contributed by atoms with van der Waals surface area (Å²) < 4.78 is 0. The van der Waals surface area contributed by atoms with Gasteiger partial charge in [-0.25, -0.2) is 9.78 Å². The summed E-state index contributed by atoms with van der Waals surface area (Å²) in [6.45, 7) is 0.963. The Kier molecular flexibility index (Phi) is 5.53. The molecule has 1 saturated carbocycles. The number of rotatable bonds is 7. The van der Waals surface area contributed by atoms with Crippen LogP contribution in [0.5, 0.6) is 0 Å². The van der Waals surface area contributed by atoms with Gasteiger partial charge in [0.2, 0.25) is 0 Å². The van der Waals surface area contributed by atoms with Gasteiger partial charge in [-0.15, -0.1) is 0 Å². The number of hydrogen-bond acceptors (Lipinski definition) is 4. The maximum Gasteiger partial charge on any atom is 0.314 e. The van der Waals surface area contributed by atoms with Crippen molar-refractivity contribution < 1.29 is 14.7 Å². The Bertz CT molecular complexity index is 462. The van der Waals surface area contributed by atoms with E-state index in [9.17, 15) is 9.59 Å². The number of hydrogen-bond donors (Lipinski definition) is 4. The molecule has 2 unspecified atom stereocenters. The molecule has 21 heavy (non-hydrogen) atoms. The molecule has 0 spiro atoms. The number of aryl methyl sites for hydroxylation is 1. The molecule has 0 aromatic carbocycles. The van der Waals surface area contributed by atoms with Crippen LogP contribution in [-0.2, 0) is 11.2 Å². The van der Waals surface area contributed by atoms with E-state index in [0.717, 1.165) is 31.5 Å². The highest BCUT2D eigenvalue weighted by atomic mass is 16.4. The molecule has 0 radical (unpaired) electrons. The number of aromatic amines is 1. The number of nitrogens with zero attached hydrogens (tertiary/aromatic N) is 2. The molecule has 8 heteroatoms. The summed E-state index contributed by atoms with van der Waals surface area (Å²) in [5, 5.41) is 21.1. The fourth-order valence-corrected chi connectivity index (χ4v) is 2.70. The van der Waals surface area contributed by atoms with Crippen LogP contribution in [0.3, 0.4) is 0 Å². The summed E-state index contributed by atoms with van der Waals surface area (Å²) >= 11 is 0. The largest absolute Gasteiger partial charge is 0.481 e. The number of H-pyrrole nitrogens is 1. The Hall–Kier alpha value is -2.12. The van der Waals surface area contributed by atoms with Crippen molar-refractivity contribution in [2.24, 2.45) is 11.8 Å². The average molecular weight is 295 g/mol. The second-order valence-corrected chi connectivity index (χ2v) is 5.31.